The molecule has 1 aliphatic carbocycles. The zero-order valence-electron chi connectivity index (χ0n) is 12.5. The number of hydrogen-bond donors (Lipinski definition) is 0. The summed E-state index contributed by atoms with van der Waals surface area (Å²) in [5, 5.41) is 0. The highest BCUT2D eigenvalue weighted by molar-refractivity contribution is 5.06. The van der Waals surface area contributed by atoms with Crippen LogP contribution in [-0.4, -0.2) is 20.0 Å². The summed E-state index contributed by atoms with van der Waals surface area (Å²) in [6.45, 7) is 11.4. The molecule has 0 spiro atoms. The van der Waals surface area contributed by atoms with Gasteiger partial charge in [-0.05, 0) is 32.1 Å². The SMILES string of the molecule is CC.CCCOC(OC)C1CCC(C)=CC1C. The zero-order valence-corrected chi connectivity index (χ0v) is 12.5. The van der Waals surface area contributed by atoms with E-state index in [-0.39, 0.29) is 6.29 Å². The van der Waals surface area contributed by atoms with E-state index in [0.29, 0.717) is 11.8 Å². The van der Waals surface area contributed by atoms with Crippen molar-refractivity contribution in [1.82, 2.24) is 0 Å². The summed E-state index contributed by atoms with van der Waals surface area (Å²) in [6.07, 6.45) is 5.76. The first kappa shape index (κ1) is 16.7. The van der Waals surface area contributed by atoms with Crippen molar-refractivity contribution in [3.8, 4) is 0 Å². The lowest BCUT2D eigenvalue weighted by atomic mass is 9.81. The molecule has 0 saturated heterocycles. The third kappa shape index (κ3) is 5.69. The van der Waals surface area contributed by atoms with Gasteiger partial charge in [0.1, 0.15) is 0 Å². The van der Waals surface area contributed by atoms with Gasteiger partial charge < -0.3 is 9.47 Å². The quantitative estimate of drug-likeness (QED) is 0.525. The minimum atomic E-state index is -0.0238. The molecular formula is C15H30O2. The van der Waals surface area contributed by atoms with E-state index in [9.17, 15) is 0 Å². The van der Waals surface area contributed by atoms with Gasteiger partial charge in [-0.25, -0.2) is 0 Å². The maximum Gasteiger partial charge on any atom is 0.160 e. The van der Waals surface area contributed by atoms with Crippen LogP contribution in [0.5, 0.6) is 0 Å². The van der Waals surface area contributed by atoms with Crippen LogP contribution < -0.4 is 0 Å². The fourth-order valence-corrected chi connectivity index (χ4v) is 2.30. The van der Waals surface area contributed by atoms with Crippen LogP contribution in [-0.2, 0) is 9.47 Å². The molecule has 0 amide bonds. The molecule has 0 aromatic carbocycles. The molecule has 0 aliphatic heterocycles. The van der Waals surface area contributed by atoms with E-state index in [4.69, 9.17) is 9.47 Å². The normalized spacial score (nSPS) is 25.6. The van der Waals surface area contributed by atoms with Gasteiger partial charge >= 0.3 is 0 Å². The van der Waals surface area contributed by atoms with Crippen LogP contribution in [0.2, 0.25) is 0 Å². The molecule has 17 heavy (non-hydrogen) atoms. The summed E-state index contributed by atoms with van der Waals surface area (Å²) < 4.78 is 11.2. The van der Waals surface area contributed by atoms with Crippen LogP contribution >= 0.6 is 0 Å². The Labute approximate surface area is 107 Å². The first-order valence-corrected chi connectivity index (χ1v) is 7.00. The van der Waals surface area contributed by atoms with Gasteiger partial charge in [0.05, 0.1) is 0 Å². The van der Waals surface area contributed by atoms with Crippen molar-refractivity contribution in [2.45, 2.75) is 60.2 Å². The largest absolute Gasteiger partial charge is 0.356 e. The molecule has 1 aliphatic rings. The second-order valence-electron chi connectivity index (χ2n) is 4.55. The summed E-state index contributed by atoms with van der Waals surface area (Å²) in [7, 11) is 1.75. The lowest BCUT2D eigenvalue weighted by molar-refractivity contribution is -0.164. The van der Waals surface area contributed by atoms with Crippen molar-refractivity contribution in [3.63, 3.8) is 0 Å². The molecule has 2 nitrogen and oxygen atoms in total. The molecule has 0 aromatic heterocycles. The van der Waals surface area contributed by atoms with Crippen LogP contribution in [0, 0.1) is 11.8 Å². The van der Waals surface area contributed by atoms with E-state index in [1.54, 1.807) is 7.11 Å². The molecule has 3 unspecified atom stereocenters. The predicted molar refractivity (Wildman–Crippen MR) is 74.0 cm³/mol. The zero-order chi connectivity index (χ0) is 13.3. The maximum atomic E-state index is 5.73. The van der Waals surface area contributed by atoms with E-state index in [1.165, 1.54) is 18.4 Å². The van der Waals surface area contributed by atoms with Crippen molar-refractivity contribution in [2.75, 3.05) is 13.7 Å². The fraction of sp³-hybridized carbons (Fsp3) is 0.867. The highest BCUT2D eigenvalue weighted by Crippen LogP contribution is 2.32. The minimum absolute atomic E-state index is 0.0238. The summed E-state index contributed by atoms with van der Waals surface area (Å²) in [6, 6.07) is 0. The number of allylic oxidation sites excluding steroid dienone is 2. The molecule has 0 N–H and O–H groups in total. The Balaban J connectivity index is 0.00000121. The first-order valence-electron chi connectivity index (χ1n) is 7.00. The smallest absolute Gasteiger partial charge is 0.160 e. The summed E-state index contributed by atoms with van der Waals surface area (Å²) >= 11 is 0. The van der Waals surface area contributed by atoms with Crippen molar-refractivity contribution in [2.24, 2.45) is 11.8 Å². The van der Waals surface area contributed by atoms with E-state index in [1.807, 2.05) is 13.8 Å². The Morgan fingerprint density at radius 2 is 2.06 bits per heavy atom. The van der Waals surface area contributed by atoms with Gasteiger partial charge in [-0.2, -0.15) is 0 Å². The van der Waals surface area contributed by atoms with Crippen molar-refractivity contribution in [3.05, 3.63) is 11.6 Å². The summed E-state index contributed by atoms with van der Waals surface area (Å²) in [5.41, 5.74) is 1.50. The van der Waals surface area contributed by atoms with E-state index in [0.717, 1.165) is 13.0 Å². The van der Waals surface area contributed by atoms with Crippen LogP contribution in [0.4, 0.5) is 0 Å². The molecule has 0 heterocycles. The molecule has 3 atom stereocenters. The fourth-order valence-electron chi connectivity index (χ4n) is 2.30. The van der Waals surface area contributed by atoms with Crippen LogP contribution in [0.3, 0.4) is 0 Å². The number of rotatable bonds is 5. The van der Waals surface area contributed by atoms with Gasteiger partial charge in [0, 0.05) is 19.6 Å². The monoisotopic (exact) mass is 242 g/mol. The maximum absolute atomic E-state index is 5.73. The van der Waals surface area contributed by atoms with Gasteiger partial charge in [-0.1, -0.05) is 39.3 Å². The second kappa shape index (κ2) is 9.67. The highest BCUT2D eigenvalue weighted by Gasteiger charge is 2.28. The van der Waals surface area contributed by atoms with E-state index < -0.39 is 0 Å². The topological polar surface area (TPSA) is 18.5 Å². The lowest BCUT2D eigenvalue weighted by Gasteiger charge is -2.32. The van der Waals surface area contributed by atoms with Crippen molar-refractivity contribution in [1.29, 1.82) is 0 Å². The van der Waals surface area contributed by atoms with Gasteiger partial charge in [0.25, 0.3) is 0 Å². The molecule has 0 bridgehead atoms. The molecule has 0 fully saturated rings. The molecule has 1 rings (SSSR count). The Bertz CT molecular complexity index is 211. The highest BCUT2D eigenvalue weighted by atomic mass is 16.7. The molecule has 0 aromatic rings. The van der Waals surface area contributed by atoms with Gasteiger partial charge in [-0.3, -0.25) is 0 Å². The van der Waals surface area contributed by atoms with Gasteiger partial charge in [-0.15, -0.1) is 0 Å². The predicted octanol–water partition coefficient (Wildman–Crippen LogP) is 4.40. The Kier molecular flexibility index (Phi) is 9.47. The number of methoxy groups -OCH3 is 1. The van der Waals surface area contributed by atoms with Crippen LogP contribution in [0.25, 0.3) is 0 Å². The molecule has 2 heteroatoms. The average molecular weight is 242 g/mol. The van der Waals surface area contributed by atoms with Crippen LogP contribution in [0.1, 0.15) is 53.9 Å². The van der Waals surface area contributed by atoms with E-state index >= 15 is 0 Å². The lowest BCUT2D eigenvalue weighted by Crippen LogP contribution is -2.32. The molecule has 0 saturated carbocycles. The molecular weight excluding hydrogens is 212 g/mol. The molecule has 102 valence electrons. The second-order valence-corrected chi connectivity index (χ2v) is 4.55. The van der Waals surface area contributed by atoms with Crippen molar-refractivity contribution >= 4 is 0 Å². The third-order valence-corrected chi connectivity index (χ3v) is 3.16. The molecule has 0 radical (unpaired) electrons. The van der Waals surface area contributed by atoms with Gasteiger partial charge in [0.2, 0.25) is 0 Å². The Hall–Kier alpha value is -0.340. The summed E-state index contributed by atoms with van der Waals surface area (Å²) in [4.78, 5) is 0. The van der Waals surface area contributed by atoms with E-state index in [2.05, 4.69) is 26.8 Å². The third-order valence-electron chi connectivity index (χ3n) is 3.16. The summed E-state index contributed by atoms with van der Waals surface area (Å²) in [5.74, 6) is 1.09. The Morgan fingerprint density at radius 3 is 2.53 bits per heavy atom. The Morgan fingerprint density at radius 1 is 1.41 bits per heavy atom. The van der Waals surface area contributed by atoms with Crippen LogP contribution in [0.15, 0.2) is 11.6 Å². The minimum Gasteiger partial charge on any atom is -0.356 e. The number of hydrogen-bond acceptors (Lipinski definition) is 2. The first-order chi connectivity index (χ1) is 8.19. The van der Waals surface area contributed by atoms with Crippen molar-refractivity contribution < 1.29 is 9.47 Å². The standard InChI is InChI=1S/C13H24O2.C2H6/c1-5-8-15-13(14-4)12-7-6-10(2)9-11(12)3;1-2/h9,11-13H,5-8H2,1-4H3;1-2H3. The van der Waals surface area contributed by atoms with Gasteiger partial charge in [0.15, 0.2) is 6.29 Å². The average Bonchev–Trinajstić information content (AvgIpc) is 2.34. The number of ether oxygens (including phenoxy) is 2.